The molecule has 0 N–H and O–H groups in total. The van der Waals surface area contributed by atoms with Crippen molar-refractivity contribution < 1.29 is 22.0 Å². The molecular weight excluding hydrogens is 247 g/mol. The molecule has 0 saturated carbocycles. The zero-order valence-electron chi connectivity index (χ0n) is 6.18. The topological polar surface area (TPSA) is 0 Å². The maximum Gasteiger partial charge on any atom is 0.200 e. The van der Waals surface area contributed by atoms with Crippen molar-refractivity contribution in [1.29, 1.82) is 0 Å². The second-order valence-corrected chi connectivity index (χ2v) is 3.23. The Morgan fingerprint density at radius 3 is 1.36 bits per heavy atom. The van der Waals surface area contributed by atoms with Gasteiger partial charge in [-0.2, -0.15) is 0 Å². The minimum absolute atomic E-state index is 0.919. The van der Waals surface area contributed by atoms with Crippen LogP contribution in [0.4, 0.5) is 22.0 Å². The van der Waals surface area contributed by atoms with Gasteiger partial charge in [0.1, 0.15) is 4.32 Å². The van der Waals surface area contributed by atoms with E-state index in [4.69, 9.17) is 11.6 Å². The van der Waals surface area contributed by atoms with Gasteiger partial charge in [-0.15, -0.1) is 0 Å². The normalized spacial score (nSPS) is 10.4. The maximum absolute atomic E-state index is 12.8. The Hall–Kier alpha value is -0.750. The van der Waals surface area contributed by atoms with Crippen LogP contribution in [-0.2, 0) is 0 Å². The average molecular weight is 247 g/mol. The van der Waals surface area contributed by atoms with Crippen LogP contribution in [0.2, 0.25) is 0 Å². The summed E-state index contributed by atoms with van der Waals surface area (Å²) in [6, 6.07) is 0. The van der Waals surface area contributed by atoms with Crippen molar-refractivity contribution in [3.05, 3.63) is 34.6 Å². The Bertz CT molecular complexity index is 388. The van der Waals surface area contributed by atoms with Crippen LogP contribution in [0.25, 0.3) is 0 Å². The number of halogens is 6. The molecule has 1 aromatic rings. The van der Waals surface area contributed by atoms with Crippen molar-refractivity contribution in [3.8, 4) is 0 Å². The van der Waals surface area contributed by atoms with E-state index < -0.39 is 39.0 Å². The third-order valence-electron chi connectivity index (χ3n) is 1.41. The Kier molecular flexibility index (Phi) is 3.06. The van der Waals surface area contributed by atoms with Crippen molar-refractivity contribution in [2.24, 2.45) is 0 Å². The quantitative estimate of drug-likeness (QED) is 0.241. The number of hydrogen-bond acceptors (Lipinski definition) is 1. The fourth-order valence-electron chi connectivity index (χ4n) is 0.777. The molecule has 0 saturated heterocycles. The number of rotatable bonds is 1. The van der Waals surface area contributed by atoms with Crippen LogP contribution in [0.15, 0.2) is 0 Å². The standard InChI is InChI=1S/C7ClF5S/c8-7(14)1-2(9)4(11)6(13)5(12)3(1)10. The first-order valence-electron chi connectivity index (χ1n) is 3.09. The molecule has 0 aliphatic rings. The maximum atomic E-state index is 12.8. The highest BCUT2D eigenvalue weighted by Crippen LogP contribution is 2.24. The van der Waals surface area contributed by atoms with E-state index in [0.717, 1.165) is 0 Å². The van der Waals surface area contributed by atoms with Gasteiger partial charge in [-0.1, -0.05) is 23.8 Å². The highest BCUT2D eigenvalue weighted by Gasteiger charge is 2.26. The fourth-order valence-corrected chi connectivity index (χ4v) is 1.12. The lowest BCUT2D eigenvalue weighted by Crippen LogP contribution is -2.08. The summed E-state index contributed by atoms with van der Waals surface area (Å²) >= 11 is 9.13. The SMILES string of the molecule is Fc1c(F)c(F)c(C(=S)Cl)c(F)c1F. The van der Waals surface area contributed by atoms with Crippen molar-refractivity contribution >= 4 is 28.1 Å². The summed E-state index contributed by atoms with van der Waals surface area (Å²) in [4.78, 5) is 0. The monoisotopic (exact) mass is 246 g/mol. The van der Waals surface area contributed by atoms with Crippen molar-refractivity contribution in [2.45, 2.75) is 0 Å². The highest BCUT2D eigenvalue weighted by molar-refractivity contribution is 7.83. The van der Waals surface area contributed by atoms with Gasteiger partial charge in [0.2, 0.25) is 5.82 Å². The summed E-state index contributed by atoms with van der Waals surface area (Å²) in [7, 11) is 0. The molecule has 0 heterocycles. The predicted octanol–water partition coefficient (Wildman–Crippen LogP) is 3.30. The Morgan fingerprint density at radius 1 is 0.786 bits per heavy atom. The molecule has 7 heteroatoms. The lowest BCUT2D eigenvalue weighted by molar-refractivity contribution is 0.377. The van der Waals surface area contributed by atoms with Gasteiger partial charge >= 0.3 is 0 Å². The largest absolute Gasteiger partial charge is 0.203 e. The molecule has 0 nitrogen and oxygen atoms in total. The number of benzene rings is 1. The zero-order chi connectivity index (χ0) is 11.0. The van der Waals surface area contributed by atoms with Gasteiger partial charge in [-0.05, 0) is 0 Å². The van der Waals surface area contributed by atoms with Crippen molar-refractivity contribution in [3.63, 3.8) is 0 Å². The van der Waals surface area contributed by atoms with Gasteiger partial charge in [0.25, 0.3) is 0 Å². The zero-order valence-corrected chi connectivity index (χ0v) is 7.75. The summed E-state index contributed by atoms with van der Waals surface area (Å²) in [6.07, 6.45) is 0. The van der Waals surface area contributed by atoms with Gasteiger partial charge < -0.3 is 0 Å². The minimum Gasteiger partial charge on any atom is -0.203 e. The van der Waals surface area contributed by atoms with E-state index in [2.05, 4.69) is 12.2 Å². The number of hydrogen-bond donors (Lipinski definition) is 0. The van der Waals surface area contributed by atoms with Crippen LogP contribution >= 0.6 is 23.8 Å². The molecule has 0 aliphatic carbocycles. The minimum atomic E-state index is -2.24. The van der Waals surface area contributed by atoms with Gasteiger partial charge in [0, 0.05) is 0 Å². The molecule has 0 bridgehead atoms. The first-order valence-corrected chi connectivity index (χ1v) is 3.87. The molecule has 0 radical (unpaired) electrons. The van der Waals surface area contributed by atoms with E-state index in [0.29, 0.717) is 0 Å². The second-order valence-electron chi connectivity index (χ2n) is 2.22. The lowest BCUT2D eigenvalue weighted by atomic mass is 10.2. The summed E-state index contributed by atoms with van der Waals surface area (Å²) in [5, 5.41) is 0. The summed E-state index contributed by atoms with van der Waals surface area (Å²) < 4.78 is 62.0. The highest BCUT2D eigenvalue weighted by atomic mass is 35.5. The van der Waals surface area contributed by atoms with E-state index in [1.807, 2.05) is 0 Å². The van der Waals surface area contributed by atoms with E-state index in [9.17, 15) is 22.0 Å². The molecule has 1 rings (SSSR count). The van der Waals surface area contributed by atoms with Crippen LogP contribution in [0.5, 0.6) is 0 Å². The third kappa shape index (κ3) is 1.59. The summed E-state index contributed by atoms with van der Waals surface area (Å²) in [6.45, 7) is 0. The predicted molar refractivity (Wildman–Crippen MR) is 43.8 cm³/mol. The second kappa shape index (κ2) is 3.78. The van der Waals surface area contributed by atoms with Crippen LogP contribution in [-0.4, -0.2) is 4.32 Å². The Balaban J connectivity index is 3.68. The first kappa shape index (κ1) is 11.3. The molecule has 0 fully saturated rings. The Labute approximate surface area is 85.3 Å². The van der Waals surface area contributed by atoms with Gasteiger partial charge in [0.05, 0.1) is 5.56 Å². The summed E-state index contributed by atoms with van der Waals surface area (Å²) in [5.74, 6) is -10.4. The van der Waals surface area contributed by atoms with E-state index >= 15 is 0 Å². The Morgan fingerprint density at radius 2 is 1.07 bits per heavy atom. The van der Waals surface area contributed by atoms with E-state index in [-0.39, 0.29) is 0 Å². The van der Waals surface area contributed by atoms with Crippen molar-refractivity contribution in [1.82, 2.24) is 0 Å². The molecule has 0 amide bonds. The van der Waals surface area contributed by atoms with E-state index in [1.54, 1.807) is 0 Å². The van der Waals surface area contributed by atoms with Gasteiger partial charge in [0.15, 0.2) is 23.3 Å². The summed E-state index contributed by atoms with van der Waals surface area (Å²) in [5.41, 5.74) is -1.28. The molecule has 0 unspecified atom stereocenters. The van der Waals surface area contributed by atoms with Crippen LogP contribution in [0.3, 0.4) is 0 Å². The third-order valence-corrected chi connectivity index (χ3v) is 1.80. The molecule has 0 aromatic heterocycles. The number of thiocarbonyl (C=S) groups is 1. The molecular formula is C7ClF5S. The lowest BCUT2D eigenvalue weighted by Gasteiger charge is -2.04. The van der Waals surface area contributed by atoms with Crippen LogP contribution < -0.4 is 0 Å². The van der Waals surface area contributed by atoms with Gasteiger partial charge in [-0.3, -0.25) is 0 Å². The fraction of sp³-hybridized carbons (Fsp3) is 0. The molecule has 0 atom stereocenters. The molecule has 1 aromatic carbocycles. The van der Waals surface area contributed by atoms with Crippen LogP contribution in [0, 0.1) is 29.1 Å². The van der Waals surface area contributed by atoms with Crippen molar-refractivity contribution in [2.75, 3.05) is 0 Å². The first-order chi connectivity index (χ1) is 6.37. The van der Waals surface area contributed by atoms with E-state index in [1.165, 1.54) is 0 Å². The van der Waals surface area contributed by atoms with Gasteiger partial charge in [-0.25, -0.2) is 22.0 Å². The molecule has 14 heavy (non-hydrogen) atoms. The molecule has 76 valence electrons. The smallest absolute Gasteiger partial charge is 0.200 e. The average Bonchev–Trinajstić information content (AvgIpc) is 2.11. The molecule has 0 aliphatic heterocycles. The van der Waals surface area contributed by atoms with Crippen LogP contribution in [0.1, 0.15) is 5.56 Å². The molecule has 0 spiro atoms.